The monoisotopic (exact) mass is 264 g/mol. The van der Waals surface area contributed by atoms with Gasteiger partial charge in [0.1, 0.15) is 17.8 Å². The number of benzene rings is 1. The van der Waals surface area contributed by atoms with Gasteiger partial charge in [0.15, 0.2) is 10.9 Å². The molecule has 0 atom stereocenters. The Balaban J connectivity index is 2.58. The zero-order chi connectivity index (χ0) is 13.1. The first-order chi connectivity index (χ1) is 8.67. The molecule has 4 nitrogen and oxygen atoms in total. The third-order valence-corrected chi connectivity index (χ3v) is 2.92. The molecule has 0 bridgehead atoms. The second-order valence-electron chi connectivity index (χ2n) is 3.73. The SMILES string of the molecule is COc1ccc(-c2ncnc(Cl)c2OC)c(C)c1. The van der Waals surface area contributed by atoms with Crippen LogP contribution in [0.1, 0.15) is 5.56 Å². The van der Waals surface area contributed by atoms with Crippen LogP contribution in [0, 0.1) is 6.92 Å². The van der Waals surface area contributed by atoms with Crippen LogP contribution in [0.3, 0.4) is 0 Å². The lowest BCUT2D eigenvalue weighted by atomic mass is 10.0. The molecule has 0 saturated heterocycles. The van der Waals surface area contributed by atoms with E-state index in [1.165, 1.54) is 6.33 Å². The van der Waals surface area contributed by atoms with Gasteiger partial charge in [0.2, 0.25) is 0 Å². The Labute approximate surface area is 111 Å². The standard InChI is InChI=1S/C13H13ClN2O2/c1-8-6-9(17-2)4-5-10(8)11-12(18-3)13(14)16-7-15-11/h4-7H,1-3H3. The number of hydrogen-bond donors (Lipinski definition) is 0. The minimum atomic E-state index is 0.303. The number of aryl methyl sites for hydroxylation is 1. The lowest BCUT2D eigenvalue weighted by molar-refractivity contribution is 0.412. The Hall–Kier alpha value is -1.81. The van der Waals surface area contributed by atoms with Gasteiger partial charge in [-0.3, -0.25) is 0 Å². The maximum Gasteiger partial charge on any atom is 0.182 e. The van der Waals surface area contributed by atoms with Crippen molar-refractivity contribution in [3.05, 3.63) is 35.2 Å². The van der Waals surface area contributed by atoms with Crippen LogP contribution in [-0.4, -0.2) is 24.2 Å². The van der Waals surface area contributed by atoms with Gasteiger partial charge in [0, 0.05) is 5.56 Å². The Bertz CT molecular complexity index is 573. The number of aromatic nitrogens is 2. The fourth-order valence-corrected chi connectivity index (χ4v) is 1.96. The van der Waals surface area contributed by atoms with Gasteiger partial charge in [-0.15, -0.1) is 0 Å². The van der Waals surface area contributed by atoms with Crippen molar-refractivity contribution in [2.75, 3.05) is 14.2 Å². The second-order valence-corrected chi connectivity index (χ2v) is 4.09. The minimum absolute atomic E-state index is 0.303. The van der Waals surface area contributed by atoms with E-state index in [1.807, 2.05) is 25.1 Å². The molecule has 0 radical (unpaired) electrons. The maximum absolute atomic E-state index is 5.99. The molecule has 2 rings (SSSR count). The van der Waals surface area contributed by atoms with Gasteiger partial charge in [0.05, 0.1) is 14.2 Å². The van der Waals surface area contributed by atoms with Crippen LogP contribution in [0.25, 0.3) is 11.3 Å². The van der Waals surface area contributed by atoms with Gasteiger partial charge in [-0.2, -0.15) is 0 Å². The Kier molecular flexibility index (Phi) is 3.67. The van der Waals surface area contributed by atoms with Crippen molar-refractivity contribution >= 4 is 11.6 Å². The smallest absolute Gasteiger partial charge is 0.182 e. The Morgan fingerprint density at radius 2 is 1.89 bits per heavy atom. The van der Waals surface area contributed by atoms with E-state index >= 15 is 0 Å². The van der Waals surface area contributed by atoms with Crippen molar-refractivity contribution in [3.8, 4) is 22.8 Å². The second kappa shape index (κ2) is 5.23. The summed E-state index contributed by atoms with van der Waals surface area (Å²) in [4.78, 5) is 8.14. The summed E-state index contributed by atoms with van der Waals surface area (Å²) in [5.41, 5.74) is 2.65. The van der Waals surface area contributed by atoms with Crippen LogP contribution in [0.5, 0.6) is 11.5 Å². The first-order valence-corrected chi connectivity index (χ1v) is 5.74. The van der Waals surface area contributed by atoms with Crippen molar-refractivity contribution in [3.63, 3.8) is 0 Å². The van der Waals surface area contributed by atoms with Crippen molar-refractivity contribution in [2.45, 2.75) is 6.92 Å². The molecule has 0 saturated carbocycles. The molecule has 0 aliphatic heterocycles. The van der Waals surface area contributed by atoms with Crippen LogP contribution in [0.4, 0.5) is 0 Å². The highest BCUT2D eigenvalue weighted by Gasteiger charge is 2.14. The molecule has 94 valence electrons. The van der Waals surface area contributed by atoms with Gasteiger partial charge in [-0.1, -0.05) is 11.6 Å². The number of halogens is 1. The highest BCUT2D eigenvalue weighted by atomic mass is 35.5. The maximum atomic E-state index is 5.99. The summed E-state index contributed by atoms with van der Waals surface area (Å²) in [6.07, 6.45) is 1.42. The van der Waals surface area contributed by atoms with Crippen LogP contribution < -0.4 is 9.47 Å². The lowest BCUT2D eigenvalue weighted by Crippen LogP contribution is -1.96. The van der Waals surface area contributed by atoms with Crippen LogP contribution in [0.15, 0.2) is 24.5 Å². The molecule has 18 heavy (non-hydrogen) atoms. The minimum Gasteiger partial charge on any atom is -0.497 e. The van der Waals surface area contributed by atoms with E-state index in [-0.39, 0.29) is 0 Å². The van der Waals surface area contributed by atoms with E-state index in [1.54, 1.807) is 14.2 Å². The van der Waals surface area contributed by atoms with Crippen molar-refractivity contribution < 1.29 is 9.47 Å². The van der Waals surface area contributed by atoms with Gasteiger partial charge in [0.25, 0.3) is 0 Å². The van der Waals surface area contributed by atoms with Crippen molar-refractivity contribution in [1.82, 2.24) is 9.97 Å². The summed E-state index contributed by atoms with van der Waals surface area (Å²) in [6.45, 7) is 1.98. The molecule has 0 fully saturated rings. The molecule has 1 aromatic carbocycles. The zero-order valence-electron chi connectivity index (χ0n) is 10.4. The first-order valence-electron chi connectivity index (χ1n) is 5.37. The summed E-state index contributed by atoms with van der Waals surface area (Å²) >= 11 is 5.99. The number of nitrogens with zero attached hydrogens (tertiary/aromatic N) is 2. The van der Waals surface area contributed by atoms with E-state index in [9.17, 15) is 0 Å². The van der Waals surface area contributed by atoms with E-state index < -0.39 is 0 Å². The van der Waals surface area contributed by atoms with Crippen LogP contribution in [-0.2, 0) is 0 Å². The molecule has 0 unspecified atom stereocenters. The highest BCUT2D eigenvalue weighted by Crippen LogP contribution is 2.35. The number of hydrogen-bond acceptors (Lipinski definition) is 4. The van der Waals surface area contributed by atoms with E-state index in [0.29, 0.717) is 16.6 Å². The van der Waals surface area contributed by atoms with E-state index in [4.69, 9.17) is 21.1 Å². The summed E-state index contributed by atoms with van der Waals surface area (Å²) < 4.78 is 10.4. The molecule has 0 N–H and O–H groups in total. The molecule has 0 amide bonds. The van der Waals surface area contributed by atoms with Gasteiger partial charge in [-0.25, -0.2) is 9.97 Å². The summed E-state index contributed by atoms with van der Waals surface area (Å²) in [5.74, 6) is 1.28. The molecular weight excluding hydrogens is 252 g/mol. The van der Waals surface area contributed by atoms with Gasteiger partial charge < -0.3 is 9.47 Å². The number of methoxy groups -OCH3 is 2. The molecular formula is C13H13ClN2O2. The normalized spacial score (nSPS) is 10.2. The molecule has 0 aliphatic rings. The summed E-state index contributed by atoms with van der Waals surface area (Å²) in [6, 6.07) is 5.73. The quantitative estimate of drug-likeness (QED) is 0.799. The Morgan fingerprint density at radius 1 is 1.11 bits per heavy atom. The predicted octanol–water partition coefficient (Wildman–Crippen LogP) is 3.12. The summed E-state index contributed by atoms with van der Waals surface area (Å²) in [5, 5.41) is 0.303. The van der Waals surface area contributed by atoms with E-state index in [2.05, 4.69) is 9.97 Å². The van der Waals surface area contributed by atoms with Crippen LogP contribution >= 0.6 is 11.6 Å². The molecule has 5 heteroatoms. The van der Waals surface area contributed by atoms with Gasteiger partial charge in [-0.05, 0) is 30.7 Å². The lowest BCUT2D eigenvalue weighted by Gasteiger charge is -2.11. The third-order valence-electron chi connectivity index (χ3n) is 2.65. The third kappa shape index (κ3) is 2.24. The average Bonchev–Trinajstić information content (AvgIpc) is 2.38. The average molecular weight is 265 g/mol. The van der Waals surface area contributed by atoms with E-state index in [0.717, 1.165) is 16.9 Å². The molecule has 2 aromatic rings. The molecule has 0 spiro atoms. The highest BCUT2D eigenvalue weighted by molar-refractivity contribution is 6.31. The number of ether oxygens (including phenoxy) is 2. The molecule has 0 aliphatic carbocycles. The topological polar surface area (TPSA) is 44.2 Å². The van der Waals surface area contributed by atoms with Crippen LogP contribution in [0.2, 0.25) is 5.15 Å². The largest absolute Gasteiger partial charge is 0.497 e. The predicted molar refractivity (Wildman–Crippen MR) is 70.3 cm³/mol. The summed E-state index contributed by atoms with van der Waals surface area (Å²) in [7, 11) is 3.18. The molecule has 1 heterocycles. The number of rotatable bonds is 3. The zero-order valence-corrected chi connectivity index (χ0v) is 11.2. The Morgan fingerprint density at radius 3 is 2.50 bits per heavy atom. The van der Waals surface area contributed by atoms with Gasteiger partial charge >= 0.3 is 0 Å². The van der Waals surface area contributed by atoms with Crippen molar-refractivity contribution in [2.24, 2.45) is 0 Å². The van der Waals surface area contributed by atoms with Crippen molar-refractivity contribution in [1.29, 1.82) is 0 Å². The molecule has 1 aromatic heterocycles. The first kappa shape index (κ1) is 12.6. The fourth-order valence-electron chi connectivity index (χ4n) is 1.75. The fraction of sp³-hybridized carbons (Fsp3) is 0.231.